The van der Waals surface area contributed by atoms with E-state index in [4.69, 9.17) is 4.74 Å². The zero-order valence-electron chi connectivity index (χ0n) is 9.93. The SMILES string of the molecule is O=C(OC1OC(c2nn[nH]n2)[C@@H](O)[C@H](O)[C@H]1O)C(F)(F)F. The maximum atomic E-state index is 12.1. The van der Waals surface area contributed by atoms with Crippen LogP contribution in [0.5, 0.6) is 0 Å². The molecule has 1 aliphatic heterocycles. The number of hydrogen-bond acceptors (Lipinski definition) is 9. The molecule has 0 bridgehead atoms. The summed E-state index contributed by atoms with van der Waals surface area (Å²) in [7, 11) is 0. The molecule has 0 spiro atoms. The molecule has 0 amide bonds. The van der Waals surface area contributed by atoms with Gasteiger partial charge in [0.15, 0.2) is 6.10 Å². The number of halogens is 3. The van der Waals surface area contributed by atoms with Crippen LogP contribution in [0.2, 0.25) is 0 Å². The number of esters is 1. The van der Waals surface area contributed by atoms with E-state index in [0.29, 0.717) is 0 Å². The Balaban J connectivity index is 2.16. The fourth-order valence-electron chi connectivity index (χ4n) is 1.62. The number of tetrazole rings is 1. The summed E-state index contributed by atoms with van der Waals surface area (Å²) in [6, 6.07) is 0. The molecule has 2 unspecified atom stereocenters. The number of nitrogens with one attached hydrogen (secondary N) is 1. The average molecular weight is 314 g/mol. The zero-order valence-corrected chi connectivity index (χ0v) is 9.93. The lowest BCUT2D eigenvalue weighted by atomic mass is 9.98. The van der Waals surface area contributed by atoms with Gasteiger partial charge in [0.2, 0.25) is 12.1 Å². The lowest BCUT2D eigenvalue weighted by Gasteiger charge is -2.38. The Bertz CT molecular complexity index is 497. The molecule has 1 aromatic heterocycles. The third-order valence-corrected chi connectivity index (χ3v) is 2.64. The number of aliphatic hydroxyl groups excluding tert-OH is 3. The molecule has 0 saturated carbocycles. The van der Waals surface area contributed by atoms with E-state index in [9.17, 15) is 33.3 Å². The molecular weight excluding hydrogens is 305 g/mol. The third-order valence-electron chi connectivity index (χ3n) is 2.64. The quantitative estimate of drug-likeness (QED) is 0.445. The Hall–Kier alpha value is -1.83. The number of aromatic nitrogens is 4. The van der Waals surface area contributed by atoms with Crippen molar-refractivity contribution in [3.63, 3.8) is 0 Å². The second-order valence-corrected chi connectivity index (χ2v) is 4.07. The van der Waals surface area contributed by atoms with Gasteiger partial charge >= 0.3 is 12.1 Å². The average Bonchev–Trinajstić information content (AvgIpc) is 2.92. The van der Waals surface area contributed by atoms with E-state index in [1.807, 2.05) is 5.21 Å². The van der Waals surface area contributed by atoms with Crippen molar-refractivity contribution >= 4 is 5.97 Å². The molecular formula is C8H9F3N4O6. The highest BCUT2D eigenvalue weighted by molar-refractivity contribution is 5.75. The summed E-state index contributed by atoms with van der Waals surface area (Å²) < 4.78 is 45.1. The third kappa shape index (κ3) is 3.10. The van der Waals surface area contributed by atoms with Crippen molar-refractivity contribution < 1.29 is 42.8 Å². The van der Waals surface area contributed by atoms with E-state index in [1.54, 1.807) is 0 Å². The molecule has 118 valence electrons. The van der Waals surface area contributed by atoms with Gasteiger partial charge in [-0.3, -0.25) is 0 Å². The molecule has 13 heteroatoms. The van der Waals surface area contributed by atoms with Gasteiger partial charge in [0.1, 0.15) is 18.3 Å². The molecule has 2 rings (SSSR count). The van der Waals surface area contributed by atoms with Crippen LogP contribution in [-0.2, 0) is 14.3 Å². The highest BCUT2D eigenvalue weighted by Crippen LogP contribution is 2.31. The molecule has 0 aromatic carbocycles. The van der Waals surface area contributed by atoms with Crippen LogP contribution in [0.1, 0.15) is 11.9 Å². The lowest BCUT2D eigenvalue weighted by Crippen LogP contribution is -2.56. The monoisotopic (exact) mass is 314 g/mol. The first-order chi connectivity index (χ1) is 9.71. The van der Waals surface area contributed by atoms with E-state index in [-0.39, 0.29) is 5.82 Å². The fourth-order valence-corrected chi connectivity index (χ4v) is 1.62. The maximum absolute atomic E-state index is 12.1. The Kier molecular flexibility index (Phi) is 4.08. The van der Waals surface area contributed by atoms with E-state index >= 15 is 0 Å². The lowest BCUT2D eigenvalue weighted by molar-refractivity contribution is -0.302. The summed E-state index contributed by atoms with van der Waals surface area (Å²) in [5, 5.41) is 40.7. The summed E-state index contributed by atoms with van der Waals surface area (Å²) in [6.45, 7) is 0. The largest absolute Gasteiger partial charge is 0.491 e. The molecule has 1 aromatic rings. The number of aliphatic hydroxyl groups is 3. The predicted octanol–water partition coefficient (Wildman–Crippen LogP) is -2.21. The van der Waals surface area contributed by atoms with Crippen LogP contribution in [0.4, 0.5) is 13.2 Å². The van der Waals surface area contributed by atoms with Crippen molar-refractivity contribution in [3.8, 4) is 0 Å². The Morgan fingerprint density at radius 2 is 1.90 bits per heavy atom. The zero-order chi connectivity index (χ0) is 15.8. The molecule has 2 heterocycles. The normalized spacial score (nSPS) is 33.7. The molecule has 4 N–H and O–H groups in total. The van der Waals surface area contributed by atoms with E-state index in [2.05, 4.69) is 20.1 Å². The molecule has 21 heavy (non-hydrogen) atoms. The first kappa shape index (κ1) is 15.6. The molecule has 1 aliphatic rings. The van der Waals surface area contributed by atoms with Crippen molar-refractivity contribution in [1.29, 1.82) is 0 Å². The second kappa shape index (κ2) is 5.51. The van der Waals surface area contributed by atoms with Crippen molar-refractivity contribution in [2.45, 2.75) is 36.9 Å². The summed E-state index contributed by atoms with van der Waals surface area (Å²) in [4.78, 5) is 10.7. The number of ether oxygens (including phenoxy) is 2. The molecule has 0 radical (unpaired) electrons. The van der Waals surface area contributed by atoms with E-state index < -0.39 is 42.9 Å². The van der Waals surface area contributed by atoms with Crippen LogP contribution in [0.25, 0.3) is 0 Å². The number of alkyl halides is 3. The standard InChI is InChI=1S/C8H9F3N4O6/c9-8(10,11)7(19)21-6-3(18)1(16)2(17)4(20-6)5-12-14-15-13-5/h1-4,6,16-18H,(H,12,13,14,15)/t1-,2-,3+,4?,6?/m0/s1. The van der Waals surface area contributed by atoms with Crippen molar-refractivity contribution in [2.24, 2.45) is 0 Å². The van der Waals surface area contributed by atoms with Gasteiger partial charge < -0.3 is 24.8 Å². The van der Waals surface area contributed by atoms with Gasteiger partial charge in [-0.1, -0.05) is 5.21 Å². The minimum atomic E-state index is -5.31. The number of aromatic amines is 1. The molecule has 1 fully saturated rings. The first-order valence-corrected chi connectivity index (χ1v) is 5.42. The predicted molar refractivity (Wildman–Crippen MR) is 52.0 cm³/mol. The molecule has 1 saturated heterocycles. The fraction of sp³-hybridized carbons (Fsp3) is 0.750. The van der Waals surface area contributed by atoms with Crippen molar-refractivity contribution in [1.82, 2.24) is 20.6 Å². The number of carbonyl (C=O) groups is 1. The summed E-state index contributed by atoms with van der Waals surface area (Å²) in [6.07, 6.45) is -14.8. The van der Waals surface area contributed by atoms with E-state index in [1.165, 1.54) is 0 Å². The first-order valence-electron chi connectivity index (χ1n) is 5.42. The highest BCUT2D eigenvalue weighted by Gasteiger charge is 2.50. The van der Waals surface area contributed by atoms with Crippen molar-refractivity contribution in [2.75, 3.05) is 0 Å². The van der Waals surface area contributed by atoms with Gasteiger partial charge in [-0.2, -0.15) is 18.4 Å². The van der Waals surface area contributed by atoms with Crippen LogP contribution >= 0.6 is 0 Å². The van der Waals surface area contributed by atoms with Gasteiger partial charge in [0, 0.05) is 0 Å². The van der Waals surface area contributed by atoms with Crippen LogP contribution in [0, 0.1) is 0 Å². The molecule has 5 atom stereocenters. The Morgan fingerprint density at radius 3 is 2.43 bits per heavy atom. The minimum Gasteiger partial charge on any atom is -0.426 e. The minimum absolute atomic E-state index is 0.304. The smallest absolute Gasteiger partial charge is 0.426 e. The summed E-state index contributed by atoms with van der Waals surface area (Å²) in [5.74, 6) is -2.93. The van der Waals surface area contributed by atoms with Gasteiger partial charge in [-0.15, -0.1) is 10.2 Å². The Labute approximate surface area is 113 Å². The van der Waals surface area contributed by atoms with Crippen LogP contribution < -0.4 is 0 Å². The van der Waals surface area contributed by atoms with Gasteiger partial charge in [-0.05, 0) is 0 Å². The number of rotatable bonds is 2. The maximum Gasteiger partial charge on any atom is 0.491 e. The number of carbonyl (C=O) groups excluding carboxylic acids is 1. The number of H-pyrrole nitrogens is 1. The van der Waals surface area contributed by atoms with Crippen LogP contribution in [-0.4, -0.2) is 72.7 Å². The molecule has 10 nitrogen and oxygen atoms in total. The van der Waals surface area contributed by atoms with Crippen LogP contribution in [0.3, 0.4) is 0 Å². The van der Waals surface area contributed by atoms with Gasteiger partial charge in [0.25, 0.3) is 0 Å². The number of hydrogen-bond donors (Lipinski definition) is 4. The topological polar surface area (TPSA) is 151 Å². The summed E-state index contributed by atoms with van der Waals surface area (Å²) in [5.41, 5.74) is 0. The Morgan fingerprint density at radius 1 is 1.24 bits per heavy atom. The van der Waals surface area contributed by atoms with Crippen LogP contribution in [0.15, 0.2) is 0 Å². The van der Waals surface area contributed by atoms with Gasteiger partial charge in [-0.25, -0.2) is 4.79 Å². The van der Waals surface area contributed by atoms with Gasteiger partial charge in [0.05, 0.1) is 0 Å². The number of nitrogens with zero attached hydrogens (tertiary/aromatic N) is 3. The molecule has 0 aliphatic carbocycles. The highest BCUT2D eigenvalue weighted by atomic mass is 19.4. The van der Waals surface area contributed by atoms with Crippen molar-refractivity contribution in [3.05, 3.63) is 5.82 Å². The summed E-state index contributed by atoms with van der Waals surface area (Å²) >= 11 is 0. The second-order valence-electron chi connectivity index (χ2n) is 4.07. The van der Waals surface area contributed by atoms with E-state index in [0.717, 1.165) is 0 Å².